The van der Waals surface area contributed by atoms with Gasteiger partial charge in [0.05, 0.1) is 16.2 Å². The van der Waals surface area contributed by atoms with Crippen LogP contribution < -0.4 is 0 Å². The fourth-order valence-corrected chi connectivity index (χ4v) is 14.7. The third kappa shape index (κ3) is 5.51. The second-order valence-electron chi connectivity index (χ2n) is 20.9. The molecule has 0 aromatic heterocycles. The first-order chi connectivity index (χ1) is 37.2. The summed E-state index contributed by atoms with van der Waals surface area (Å²) in [6.07, 6.45) is 0. The quantitative estimate of drug-likeness (QED) is 0.156. The third-order valence-corrected chi connectivity index (χ3v) is 17.7. The van der Waals surface area contributed by atoms with Gasteiger partial charge in [-0.1, -0.05) is 279 Å². The Balaban J connectivity index is 0.836. The van der Waals surface area contributed by atoms with Crippen molar-refractivity contribution in [1.29, 1.82) is 0 Å². The van der Waals surface area contributed by atoms with Gasteiger partial charge in [-0.2, -0.15) is 0 Å². The predicted molar refractivity (Wildman–Crippen MR) is 308 cm³/mol. The van der Waals surface area contributed by atoms with E-state index in [2.05, 4.69) is 291 Å². The summed E-state index contributed by atoms with van der Waals surface area (Å²) in [6.45, 7) is 0. The maximum absolute atomic E-state index is 2.50. The molecule has 12 aromatic rings. The van der Waals surface area contributed by atoms with Crippen LogP contribution in [0.2, 0.25) is 0 Å². The van der Waals surface area contributed by atoms with Gasteiger partial charge in [0.25, 0.3) is 0 Å². The zero-order chi connectivity index (χ0) is 49.3. The van der Waals surface area contributed by atoms with Crippen molar-refractivity contribution in [3.05, 3.63) is 358 Å². The van der Waals surface area contributed by atoms with Gasteiger partial charge < -0.3 is 0 Å². The first-order valence-electron chi connectivity index (χ1n) is 26.4. The van der Waals surface area contributed by atoms with E-state index in [1.165, 1.54) is 134 Å². The Morgan fingerprint density at radius 2 is 0.373 bits per heavy atom. The summed E-state index contributed by atoms with van der Waals surface area (Å²) in [7, 11) is 0. The van der Waals surface area contributed by atoms with Crippen LogP contribution >= 0.6 is 0 Å². The van der Waals surface area contributed by atoms with Gasteiger partial charge in [0.2, 0.25) is 0 Å². The molecule has 348 valence electrons. The smallest absolute Gasteiger partial charge is 0.0622 e. The molecule has 0 atom stereocenters. The van der Waals surface area contributed by atoms with Gasteiger partial charge in [-0.3, -0.25) is 0 Å². The largest absolute Gasteiger partial charge is 0.0725 e. The SMILES string of the molecule is c1ccc(C2(c3ccccc3)c3ccccc3-c3ccc(-c4ccc(C5(c6ccc(-c7ccc8c(c7)C7(c9ccccc9-c9ccccc97)c7ccccc7-8)cc6)c6ccccc6-c6ccccc65)cc4)cc32)cc1. The van der Waals surface area contributed by atoms with Crippen molar-refractivity contribution in [3.63, 3.8) is 0 Å². The van der Waals surface area contributed by atoms with E-state index in [9.17, 15) is 0 Å². The Bertz CT molecular complexity index is 3970. The van der Waals surface area contributed by atoms with Gasteiger partial charge >= 0.3 is 0 Å². The molecule has 0 aliphatic heterocycles. The van der Waals surface area contributed by atoms with Crippen molar-refractivity contribution in [2.75, 3.05) is 0 Å². The minimum atomic E-state index is -0.541. The molecule has 0 fully saturated rings. The standard InChI is InChI=1S/C75H48/c1-3-19-53(20-4-1)74(54-21-5-2-6-22-54)67-31-15-9-27-61(67)63-45-39-51(47-71(63)74)49-35-41-55(42-36-49)73(65-29-13-7-23-57(65)58-24-8-14-30-66(58)73)56-43-37-50(38-44-56)52-40-46-64-62-28-12-18-34-70(62)75(72(64)48-52)68-32-16-10-25-59(68)60-26-11-17-33-69(60)75/h1-48H. The fraction of sp³-hybridized carbons (Fsp3) is 0.0400. The van der Waals surface area contributed by atoms with E-state index < -0.39 is 10.8 Å². The molecule has 0 nitrogen and oxygen atoms in total. The monoisotopic (exact) mass is 948 g/mol. The molecule has 0 amide bonds. The second kappa shape index (κ2) is 15.8. The van der Waals surface area contributed by atoms with Crippen LogP contribution in [0.15, 0.2) is 291 Å². The molecule has 0 saturated heterocycles. The highest BCUT2D eigenvalue weighted by Crippen LogP contribution is 2.64. The molecule has 0 N–H and O–H groups in total. The van der Waals surface area contributed by atoms with E-state index in [1.54, 1.807) is 0 Å². The summed E-state index contributed by atoms with van der Waals surface area (Å²) < 4.78 is 0. The van der Waals surface area contributed by atoms with Crippen LogP contribution in [0.4, 0.5) is 0 Å². The third-order valence-electron chi connectivity index (χ3n) is 17.7. The van der Waals surface area contributed by atoms with Gasteiger partial charge in [0.15, 0.2) is 0 Å². The molecule has 0 heteroatoms. The molecule has 16 rings (SSSR count). The minimum absolute atomic E-state index is 0.389. The van der Waals surface area contributed by atoms with Gasteiger partial charge in [-0.15, -0.1) is 0 Å². The first-order valence-corrected chi connectivity index (χ1v) is 26.4. The Hall–Kier alpha value is -9.36. The highest BCUT2D eigenvalue weighted by molar-refractivity contribution is 5.96. The zero-order valence-electron chi connectivity index (χ0n) is 41.2. The average molecular weight is 949 g/mol. The van der Waals surface area contributed by atoms with Crippen LogP contribution in [-0.4, -0.2) is 0 Å². The number of benzene rings is 12. The predicted octanol–water partition coefficient (Wildman–Crippen LogP) is 18.1. The molecular weight excluding hydrogens is 901 g/mol. The number of fused-ring (bicyclic) bond motifs is 16. The van der Waals surface area contributed by atoms with Gasteiger partial charge in [0, 0.05) is 0 Å². The summed E-state index contributed by atoms with van der Waals surface area (Å²) in [6, 6.07) is 110. The molecule has 4 aliphatic carbocycles. The molecule has 75 heavy (non-hydrogen) atoms. The lowest BCUT2D eigenvalue weighted by Crippen LogP contribution is -2.28. The Labute approximate surface area is 438 Å². The lowest BCUT2D eigenvalue weighted by atomic mass is 9.67. The summed E-state index contributed by atoms with van der Waals surface area (Å²) in [5.41, 5.74) is 29.7. The van der Waals surface area contributed by atoms with Crippen LogP contribution in [-0.2, 0) is 16.2 Å². The highest BCUT2D eigenvalue weighted by Gasteiger charge is 2.52. The fourth-order valence-electron chi connectivity index (χ4n) is 14.7. The van der Waals surface area contributed by atoms with Crippen molar-refractivity contribution >= 4 is 0 Å². The van der Waals surface area contributed by atoms with Crippen LogP contribution in [0.3, 0.4) is 0 Å². The van der Waals surface area contributed by atoms with Gasteiger partial charge in [0.1, 0.15) is 0 Å². The molecule has 0 saturated carbocycles. The molecule has 0 unspecified atom stereocenters. The topological polar surface area (TPSA) is 0 Å². The van der Waals surface area contributed by atoms with Gasteiger partial charge in [-0.25, -0.2) is 0 Å². The van der Waals surface area contributed by atoms with E-state index in [0.29, 0.717) is 0 Å². The molecule has 1 spiro atoms. The van der Waals surface area contributed by atoms with E-state index in [-0.39, 0.29) is 5.41 Å². The minimum Gasteiger partial charge on any atom is -0.0622 e. The van der Waals surface area contributed by atoms with Crippen LogP contribution in [0.1, 0.15) is 66.8 Å². The normalized spacial score (nSPS) is 14.7. The van der Waals surface area contributed by atoms with Crippen molar-refractivity contribution < 1.29 is 0 Å². The number of hydrogen-bond donors (Lipinski definition) is 0. The molecule has 0 radical (unpaired) electrons. The lowest BCUT2D eigenvalue weighted by Gasteiger charge is -2.34. The summed E-state index contributed by atoms with van der Waals surface area (Å²) in [4.78, 5) is 0. The van der Waals surface area contributed by atoms with E-state index in [1.807, 2.05) is 0 Å². The zero-order valence-corrected chi connectivity index (χ0v) is 41.2. The van der Waals surface area contributed by atoms with Crippen molar-refractivity contribution in [3.8, 4) is 66.8 Å². The van der Waals surface area contributed by atoms with E-state index in [4.69, 9.17) is 0 Å². The number of hydrogen-bond acceptors (Lipinski definition) is 0. The van der Waals surface area contributed by atoms with Crippen LogP contribution in [0.5, 0.6) is 0 Å². The summed E-state index contributed by atoms with van der Waals surface area (Å²) in [5, 5.41) is 0. The van der Waals surface area contributed by atoms with Gasteiger partial charge in [-0.05, 0) is 146 Å². The molecule has 0 heterocycles. The van der Waals surface area contributed by atoms with E-state index >= 15 is 0 Å². The Morgan fingerprint density at radius 3 is 0.707 bits per heavy atom. The molecule has 12 aromatic carbocycles. The maximum atomic E-state index is 2.50. The number of rotatable bonds is 6. The Morgan fingerprint density at radius 1 is 0.147 bits per heavy atom. The average Bonchev–Trinajstić information content (AvgIpc) is 4.18. The van der Waals surface area contributed by atoms with Crippen molar-refractivity contribution in [1.82, 2.24) is 0 Å². The molecule has 0 bridgehead atoms. The van der Waals surface area contributed by atoms with Crippen LogP contribution in [0.25, 0.3) is 66.8 Å². The highest BCUT2D eigenvalue weighted by atomic mass is 14.5. The van der Waals surface area contributed by atoms with Crippen molar-refractivity contribution in [2.24, 2.45) is 0 Å². The first kappa shape index (κ1) is 42.2. The summed E-state index contributed by atoms with van der Waals surface area (Å²) in [5.74, 6) is 0. The molecular formula is C75H48. The molecule has 4 aliphatic rings. The maximum Gasteiger partial charge on any atom is 0.0725 e. The Kier molecular flexibility index (Phi) is 8.90. The summed E-state index contributed by atoms with van der Waals surface area (Å²) >= 11 is 0. The van der Waals surface area contributed by atoms with Crippen LogP contribution in [0, 0.1) is 0 Å². The van der Waals surface area contributed by atoms with Crippen molar-refractivity contribution in [2.45, 2.75) is 16.2 Å². The lowest BCUT2D eigenvalue weighted by molar-refractivity contribution is 0.768. The second-order valence-corrected chi connectivity index (χ2v) is 20.9. The van der Waals surface area contributed by atoms with E-state index in [0.717, 1.165) is 0 Å².